The predicted octanol–water partition coefficient (Wildman–Crippen LogP) is 15.0. The van der Waals surface area contributed by atoms with E-state index in [1.165, 1.54) is 173 Å². The average Bonchev–Trinajstić information content (AvgIpc) is 3.15. The summed E-state index contributed by atoms with van der Waals surface area (Å²) >= 11 is 0. The topological polar surface area (TPSA) is 55.8 Å². The van der Waals surface area contributed by atoms with Crippen molar-refractivity contribution in [1.29, 1.82) is 0 Å². The van der Waals surface area contributed by atoms with Crippen molar-refractivity contribution in [2.24, 2.45) is 0 Å². The van der Waals surface area contributed by atoms with Gasteiger partial charge in [0.05, 0.1) is 13.2 Å². The third kappa shape index (κ3) is 42.8. The Morgan fingerprint density at radius 3 is 1.21 bits per heavy atom. The average molecular weight is 729 g/mol. The monoisotopic (exact) mass is 729 g/mol. The van der Waals surface area contributed by atoms with Gasteiger partial charge in [-0.1, -0.05) is 191 Å². The van der Waals surface area contributed by atoms with Crippen molar-refractivity contribution in [2.75, 3.05) is 19.8 Å². The van der Waals surface area contributed by atoms with Gasteiger partial charge in [0.15, 0.2) is 0 Å². The SMILES string of the molecule is CCCCCC/C=C\C/C=C\CCCCCCCCOCC(CO)OC(=O)CCCCCCCCCCCCC/C=C\C/C=C\CCCCCCC. The summed E-state index contributed by atoms with van der Waals surface area (Å²) in [6.07, 6.45) is 58.9. The largest absolute Gasteiger partial charge is 0.457 e. The Balaban J connectivity index is 3.44. The molecule has 1 N–H and O–H groups in total. The van der Waals surface area contributed by atoms with Crippen LogP contribution in [0.25, 0.3) is 0 Å². The highest BCUT2D eigenvalue weighted by Crippen LogP contribution is 2.14. The van der Waals surface area contributed by atoms with Gasteiger partial charge in [0.2, 0.25) is 0 Å². The molecule has 0 rings (SSSR count). The van der Waals surface area contributed by atoms with Crippen LogP contribution in [0.3, 0.4) is 0 Å². The molecule has 0 aromatic heterocycles. The number of aliphatic hydroxyl groups excluding tert-OH is 1. The van der Waals surface area contributed by atoms with Crippen LogP contribution in [-0.4, -0.2) is 37.0 Å². The number of unbranched alkanes of at least 4 members (excludes halogenated alkanes) is 26. The van der Waals surface area contributed by atoms with Crippen LogP contribution in [0.5, 0.6) is 0 Å². The summed E-state index contributed by atoms with van der Waals surface area (Å²) in [6.45, 7) is 5.31. The summed E-state index contributed by atoms with van der Waals surface area (Å²) in [6, 6.07) is 0. The van der Waals surface area contributed by atoms with E-state index in [0.717, 1.165) is 32.1 Å². The van der Waals surface area contributed by atoms with Crippen LogP contribution in [0, 0.1) is 0 Å². The Hall–Kier alpha value is -1.65. The third-order valence-electron chi connectivity index (χ3n) is 9.88. The van der Waals surface area contributed by atoms with Crippen molar-refractivity contribution in [1.82, 2.24) is 0 Å². The molecule has 0 aliphatic heterocycles. The maximum absolute atomic E-state index is 12.2. The van der Waals surface area contributed by atoms with E-state index < -0.39 is 6.10 Å². The van der Waals surface area contributed by atoms with Gasteiger partial charge in [-0.25, -0.2) is 0 Å². The summed E-state index contributed by atoms with van der Waals surface area (Å²) in [4.78, 5) is 12.2. The highest BCUT2D eigenvalue weighted by Gasteiger charge is 2.13. The first-order valence-corrected chi connectivity index (χ1v) is 22.7. The minimum atomic E-state index is -0.541. The van der Waals surface area contributed by atoms with Gasteiger partial charge in [-0.2, -0.15) is 0 Å². The zero-order valence-electron chi connectivity index (χ0n) is 34.8. The van der Waals surface area contributed by atoms with Gasteiger partial charge in [0, 0.05) is 13.0 Å². The molecule has 0 fully saturated rings. The summed E-state index contributed by atoms with van der Waals surface area (Å²) < 4.78 is 11.2. The minimum Gasteiger partial charge on any atom is -0.457 e. The van der Waals surface area contributed by atoms with Crippen LogP contribution in [0.1, 0.15) is 226 Å². The van der Waals surface area contributed by atoms with E-state index >= 15 is 0 Å². The van der Waals surface area contributed by atoms with Gasteiger partial charge in [-0.3, -0.25) is 4.79 Å². The number of hydrogen-bond acceptors (Lipinski definition) is 4. The highest BCUT2D eigenvalue weighted by atomic mass is 16.6. The second kappa shape index (κ2) is 45.5. The van der Waals surface area contributed by atoms with Gasteiger partial charge in [-0.05, 0) is 77.0 Å². The fourth-order valence-corrected chi connectivity index (χ4v) is 6.45. The van der Waals surface area contributed by atoms with Crippen molar-refractivity contribution in [3.63, 3.8) is 0 Å². The highest BCUT2D eigenvalue weighted by molar-refractivity contribution is 5.69. The number of ether oxygens (including phenoxy) is 2. The van der Waals surface area contributed by atoms with E-state index in [4.69, 9.17) is 9.47 Å². The molecular formula is C48H88O4. The molecule has 0 radical (unpaired) electrons. The number of rotatable bonds is 42. The second-order valence-corrected chi connectivity index (χ2v) is 15.1. The molecule has 4 heteroatoms. The zero-order chi connectivity index (χ0) is 37.7. The van der Waals surface area contributed by atoms with Crippen LogP contribution >= 0.6 is 0 Å². The molecule has 52 heavy (non-hydrogen) atoms. The quantitative estimate of drug-likeness (QED) is 0.0386. The summed E-state index contributed by atoms with van der Waals surface area (Å²) in [7, 11) is 0. The number of aliphatic hydroxyl groups is 1. The van der Waals surface area contributed by atoms with E-state index in [2.05, 4.69) is 62.5 Å². The van der Waals surface area contributed by atoms with E-state index in [1.54, 1.807) is 0 Å². The number of allylic oxidation sites excluding steroid dienone is 8. The lowest BCUT2D eigenvalue weighted by Gasteiger charge is -2.15. The van der Waals surface area contributed by atoms with Gasteiger partial charge in [-0.15, -0.1) is 0 Å². The Morgan fingerprint density at radius 1 is 0.462 bits per heavy atom. The van der Waals surface area contributed by atoms with E-state index in [0.29, 0.717) is 13.0 Å². The first-order valence-electron chi connectivity index (χ1n) is 22.7. The smallest absolute Gasteiger partial charge is 0.306 e. The first-order chi connectivity index (χ1) is 25.7. The maximum Gasteiger partial charge on any atom is 0.306 e. The fraction of sp³-hybridized carbons (Fsp3) is 0.812. The van der Waals surface area contributed by atoms with Crippen molar-refractivity contribution >= 4 is 5.97 Å². The number of hydrogen-bond donors (Lipinski definition) is 1. The van der Waals surface area contributed by atoms with Gasteiger partial charge in [0.1, 0.15) is 6.10 Å². The normalized spacial score (nSPS) is 12.8. The van der Waals surface area contributed by atoms with E-state index in [9.17, 15) is 9.90 Å². The van der Waals surface area contributed by atoms with Crippen LogP contribution in [-0.2, 0) is 14.3 Å². The molecule has 0 heterocycles. The van der Waals surface area contributed by atoms with Crippen LogP contribution in [0.2, 0.25) is 0 Å². The lowest BCUT2D eigenvalue weighted by molar-refractivity contribution is -0.154. The zero-order valence-corrected chi connectivity index (χ0v) is 34.8. The molecule has 0 amide bonds. The molecule has 304 valence electrons. The molecular weight excluding hydrogens is 641 g/mol. The predicted molar refractivity (Wildman–Crippen MR) is 228 cm³/mol. The summed E-state index contributed by atoms with van der Waals surface area (Å²) in [5.41, 5.74) is 0. The van der Waals surface area contributed by atoms with Crippen LogP contribution < -0.4 is 0 Å². The van der Waals surface area contributed by atoms with Gasteiger partial charge in [0.25, 0.3) is 0 Å². The standard InChI is InChI=1S/C48H88O4/c1-3-5-7-9-11-13-15-17-19-21-22-23-24-25-26-27-29-31-33-35-37-39-41-43-48(50)52-47(45-49)46-51-44-42-40-38-36-34-32-30-28-20-18-16-14-12-10-8-6-4-2/h14-17,20-22,28,47,49H,3-13,18-19,23-27,29-46H2,1-2H3/b16-14-,17-15-,22-21-,28-20-. The van der Waals surface area contributed by atoms with Crippen molar-refractivity contribution in [3.05, 3.63) is 48.6 Å². The molecule has 0 spiro atoms. The minimum absolute atomic E-state index is 0.177. The molecule has 0 aliphatic carbocycles. The molecule has 0 aromatic rings. The molecule has 0 aliphatic rings. The lowest BCUT2D eigenvalue weighted by atomic mass is 10.0. The molecule has 4 nitrogen and oxygen atoms in total. The second-order valence-electron chi connectivity index (χ2n) is 15.1. The number of esters is 1. The lowest BCUT2D eigenvalue weighted by Crippen LogP contribution is -2.27. The van der Waals surface area contributed by atoms with Crippen LogP contribution in [0.4, 0.5) is 0 Å². The van der Waals surface area contributed by atoms with Gasteiger partial charge < -0.3 is 14.6 Å². The molecule has 1 unspecified atom stereocenters. The Labute approximate surface area is 324 Å². The number of carbonyl (C=O) groups is 1. The maximum atomic E-state index is 12.2. The Bertz CT molecular complexity index is 813. The van der Waals surface area contributed by atoms with Crippen molar-refractivity contribution in [3.8, 4) is 0 Å². The molecule has 0 saturated carbocycles. The van der Waals surface area contributed by atoms with Crippen molar-refractivity contribution in [2.45, 2.75) is 232 Å². The molecule has 0 bridgehead atoms. The number of carbonyl (C=O) groups excluding carboxylic acids is 1. The molecule has 0 saturated heterocycles. The van der Waals surface area contributed by atoms with E-state index in [-0.39, 0.29) is 19.2 Å². The van der Waals surface area contributed by atoms with Crippen LogP contribution in [0.15, 0.2) is 48.6 Å². The summed E-state index contributed by atoms with van der Waals surface area (Å²) in [5.74, 6) is -0.206. The molecule has 1 atom stereocenters. The first kappa shape index (κ1) is 50.4. The Kier molecular flexibility index (Phi) is 44.1. The van der Waals surface area contributed by atoms with Gasteiger partial charge >= 0.3 is 5.97 Å². The van der Waals surface area contributed by atoms with Crippen molar-refractivity contribution < 1.29 is 19.4 Å². The van der Waals surface area contributed by atoms with E-state index in [1.807, 2.05) is 0 Å². The Morgan fingerprint density at radius 2 is 0.808 bits per heavy atom. The summed E-state index contributed by atoms with van der Waals surface area (Å²) in [5, 5.41) is 9.61. The molecule has 0 aromatic carbocycles. The fourth-order valence-electron chi connectivity index (χ4n) is 6.45. The third-order valence-corrected chi connectivity index (χ3v) is 9.88.